The molecule has 0 saturated carbocycles. The summed E-state index contributed by atoms with van der Waals surface area (Å²) in [5.74, 6) is -0.534. The van der Waals surface area contributed by atoms with Gasteiger partial charge in [-0.05, 0) is 47.9 Å². The summed E-state index contributed by atoms with van der Waals surface area (Å²) in [6.45, 7) is 1.68. The molecule has 2 rings (SSSR count). The lowest BCUT2D eigenvalue weighted by Crippen LogP contribution is -2.04. The summed E-state index contributed by atoms with van der Waals surface area (Å²) in [6.07, 6.45) is -4.37. The highest BCUT2D eigenvalue weighted by Crippen LogP contribution is 2.32. The minimum atomic E-state index is -4.37. The van der Waals surface area contributed by atoms with Gasteiger partial charge in [-0.15, -0.1) is 0 Å². The van der Waals surface area contributed by atoms with Gasteiger partial charge in [-0.2, -0.15) is 13.2 Å². The van der Waals surface area contributed by atoms with Crippen LogP contribution in [0, 0.1) is 12.7 Å². The summed E-state index contributed by atoms with van der Waals surface area (Å²) >= 11 is 0. The summed E-state index contributed by atoms with van der Waals surface area (Å²) in [6, 6.07) is 7.38. The summed E-state index contributed by atoms with van der Waals surface area (Å²) in [5, 5.41) is 0. The van der Waals surface area contributed by atoms with Crippen LogP contribution in [0.15, 0.2) is 36.4 Å². The molecule has 0 spiro atoms. The number of nitrogen functional groups attached to an aromatic ring is 1. The molecule has 0 aliphatic rings. The zero-order chi connectivity index (χ0) is 14.2. The Morgan fingerprint density at radius 3 is 2.11 bits per heavy atom. The number of anilines is 1. The van der Waals surface area contributed by atoms with Gasteiger partial charge in [-0.3, -0.25) is 0 Å². The zero-order valence-corrected chi connectivity index (χ0v) is 10.1. The fraction of sp³-hybridized carbons (Fsp3) is 0.143. The van der Waals surface area contributed by atoms with E-state index < -0.39 is 17.6 Å². The number of benzene rings is 2. The van der Waals surface area contributed by atoms with Gasteiger partial charge >= 0.3 is 6.18 Å². The molecular formula is C14H11F4N. The van der Waals surface area contributed by atoms with Crippen molar-refractivity contribution in [3.8, 4) is 11.1 Å². The SMILES string of the molecule is Cc1cc(F)c(N)cc1-c1ccc(C(F)(F)F)cc1. The Kier molecular flexibility index (Phi) is 3.22. The molecule has 0 fully saturated rings. The van der Waals surface area contributed by atoms with Crippen molar-refractivity contribution in [2.75, 3.05) is 5.73 Å². The van der Waals surface area contributed by atoms with Crippen LogP contribution in [0.3, 0.4) is 0 Å². The second kappa shape index (κ2) is 4.57. The van der Waals surface area contributed by atoms with E-state index in [1.807, 2.05) is 0 Å². The lowest BCUT2D eigenvalue weighted by Gasteiger charge is -2.10. The number of halogens is 4. The molecule has 5 heteroatoms. The molecular weight excluding hydrogens is 258 g/mol. The molecule has 0 radical (unpaired) electrons. The first-order valence-electron chi connectivity index (χ1n) is 5.52. The van der Waals surface area contributed by atoms with E-state index >= 15 is 0 Å². The zero-order valence-electron chi connectivity index (χ0n) is 10.1. The maximum Gasteiger partial charge on any atom is 0.416 e. The highest BCUT2D eigenvalue weighted by Gasteiger charge is 2.30. The molecule has 19 heavy (non-hydrogen) atoms. The van der Waals surface area contributed by atoms with Crippen molar-refractivity contribution < 1.29 is 17.6 Å². The number of hydrogen-bond donors (Lipinski definition) is 1. The van der Waals surface area contributed by atoms with Crippen LogP contribution >= 0.6 is 0 Å². The topological polar surface area (TPSA) is 26.0 Å². The Morgan fingerprint density at radius 2 is 1.58 bits per heavy atom. The third kappa shape index (κ3) is 2.70. The van der Waals surface area contributed by atoms with Gasteiger partial charge in [-0.25, -0.2) is 4.39 Å². The molecule has 0 amide bonds. The van der Waals surface area contributed by atoms with Gasteiger partial charge in [-0.1, -0.05) is 12.1 Å². The Labute approximate surface area is 107 Å². The Balaban J connectivity index is 2.46. The third-order valence-corrected chi connectivity index (χ3v) is 2.87. The number of nitrogens with two attached hydrogens (primary N) is 1. The van der Waals surface area contributed by atoms with E-state index in [1.54, 1.807) is 6.92 Å². The second-order valence-corrected chi connectivity index (χ2v) is 4.26. The first-order valence-corrected chi connectivity index (χ1v) is 5.52. The van der Waals surface area contributed by atoms with Crippen molar-refractivity contribution in [1.29, 1.82) is 0 Å². The first kappa shape index (κ1) is 13.4. The minimum Gasteiger partial charge on any atom is -0.396 e. The molecule has 1 nitrogen and oxygen atoms in total. The number of aryl methyl sites for hydroxylation is 1. The molecule has 0 aliphatic carbocycles. The van der Waals surface area contributed by atoms with Gasteiger partial charge in [0.05, 0.1) is 11.3 Å². The van der Waals surface area contributed by atoms with E-state index in [-0.39, 0.29) is 5.69 Å². The molecule has 2 aromatic rings. The highest BCUT2D eigenvalue weighted by molar-refractivity contribution is 5.71. The van der Waals surface area contributed by atoms with Crippen LogP contribution < -0.4 is 5.73 Å². The monoisotopic (exact) mass is 269 g/mol. The maximum absolute atomic E-state index is 13.2. The summed E-state index contributed by atoms with van der Waals surface area (Å²) in [7, 11) is 0. The van der Waals surface area contributed by atoms with E-state index in [2.05, 4.69) is 0 Å². The summed E-state index contributed by atoms with van der Waals surface area (Å²) < 4.78 is 50.6. The third-order valence-electron chi connectivity index (χ3n) is 2.87. The Hall–Kier alpha value is -2.04. The van der Waals surface area contributed by atoms with E-state index in [0.29, 0.717) is 16.7 Å². The van der Waals surface area contributed by atoms with Crippen molar-refractivity contribution in [3.63, 3.8) is 0 Å². The molecule has 2 aromatic carbocycles. The van der Waals surface area contributed by atoms with Crippen LogP contribution in [0.1, 0.15) is 11.1 Å². The lowest BCUT2D eigenvalue weighted by atomic mass is 9.98. The molecule has 0 unspecified atom stereocenters. The molecule has 0 saturated heterocycles. The van der Waals surface area contributed by atoms with Crippen LogP contribution in [0.4, 0.5) is 23.2 Å². The molecule has 2 N–H and O–H groups in total. The molecule has 0 bridgehead atoms. The van der Waals surface area contributed by atoms with Gasteiger partial charge < -0.3 is 5.73 Å². The number of hydrogen-bond acceptors (Lipinski definition) is 1. The quantitative estimate of drug-likeness (QED) is 0.602. The van der Waals surface area contributed by atoms with Crippen LogP contribution in [-0.2, 0) is 6.18 Å². The normalized spacial score (nSPS) is 11.6. The number of alkyl halides is 3. The lowest BCUT2D eigenvalue weighted by molar-refractivity contribution is -0.137. The molecule has 0 atom stereocenters. The predicted molar refractivity (Wildman–Crippen MR) is 66.0 cm³/mol. The average Bonchev–Trinajstić information content (AvgIpc) is 2.33. The van der Waals surface area contributed by atoms with Crippen molar-refractivity contribution in [2.24, 2.45) is 0 Å². The fourth-order valence-electron chi connectivity index (χ4n) is 1.84. The fourth-order valence-corrected chi connectivity index (χ4v) is 1.84. The maximum atomic E-state index is 13.2. The van der Waals surface area contributed by atoms with Crippen molar-refractivity contribution in [2.45, 2.75) is 13.1 Å². The van der Waals surface area contributed by atoms with Gasteiger partial charge in [0.25, 0.3) is 0 Å². The number of rotatable bonds is 1. The molecule has 0 heterocycles. The van der Waals surface area contributed by atoms with E-state index in [4.69, 9.17) is 5.73 Å². The van der Waals surface area contributed by atoms with Crippen LogP contribution in [0.5, 0.6) is 0 Å². The van der Waals surface area contributed by atoms with E-state index in [1.165, 1.54) is 24.3 Å². The van der Waals surface area contributed by atoms with Crippen molar-refractivity contribution in [1.82, 2.24) is 0 Å². The van der Waals surface area contributed by atoms with E-state index in [9.17, 15) is 17.6 Å². The summed E-state index contributed by atoms with van der Waals surface area (Å²) in [5.41, 5.74) is 6.53. The van der Waals surface area contributed by atoms with E-state index in [0.717, 1.165) is 12.1 Å². The molecule has 0 aromatic heterocycles. The van der Waals surface area contributed by atoms with Crippen LogP contribution in [0.25, 0.3) is 11.1 Å². The summed E-state index contributed by atoms with van der Waals surface area (Å²) in [4.78, 5) is 0. The standard InChI is InChI=1S/C14H11F4N/c1-8-6-12(15)13(19)7-11(8)9-2-4-10(5-3-9)14(16,17)18/h2-7H,19H2,1H3. The molecule has 0 aliphatic heterocycles. The van der Waals surface area contributed by atoms with Gasteiger partial charge in [0.15, 0.2) is 0 Å². The Morgan fingerprint density at radius 1 is 1.00 bits per heavy atom. The van der Waals surface area contributed by atoms with Crippen molar-refractivity contribution >= 4 is 5.69 Å². The van der Waals surface area contributed by atoms with Gasteiger partial charge in [0.2, 0.25) is 0 Å². The predicted octanol–water partition coefficient (Wildman–Crippen LogP) is 4.40. The average molecular weight is 269 g/mol. The minimum absolute atomic E-state index is 0.0273. The largest absolute Gasteiger partial charge is 0.416 e. The first-order chi connectivity index (χ1) is 8.79. The Bertz CT molecular complexity index is 600. The van der Waals surface area contributed by atoms with Gasteiger partial charge in [0, 0.05) is 0 Å². The molecule has 100 valence electrons. The van der Waals surface area contributed by atoms with Crippen LogP contribution in [0.2, 0.25) is 0 Å². The highest BCUT2D eigenvalue weighted by atomic mass is 19.4. The second-order valence-electron chi connectivity index (χ2n) is 4.26. The van der Waals surface area contributed by atoms with Crippen molar-refractivity contribution in [3.05, 3.63) is 53.3 Å². The smallest absolute Gasteiger partial charge is 0.396 e. The van der Waals surface area contributed by atoms with Crippen LogP contribution in [-0.4, -0.2) is 0 Å². The van der Waals surface area contributed by atoms with Gasteiger partial charge in [0.1, 0.15) is 5.82 Å².